The third-order valence-electron chi connectivity index (χ3n) is 2.98. The van der Waals surface area contributed by atoms with E-state index in [1.54, 1.807) is 6.07 Å². The second-order valence-electron chi connectivity index (χ2n) is 4.46. The van der Waals surface area contributed by atoms with Crippen molar-refractivity contribution < 1.29 is 9.21 Å². The summed E-state index contributed by atoms with van der Waals surface area (Å²) in [7, 11) is 0. The minimum atomic E-state index is -0.215. The van der Waals surface area contributed by atoms with Crippen LogP contribution in [-0.2, 0) is 0 Å². The molecule has 0 aromatic carbocycles. The number of nitrogens with one attached hydrogen (secondary N) is 2. The van der Waals surface area contributed by atoms with Crippen LogP contribution in [0.3, 0.4) is 0 Å². The number of carbonyl (C=O) groups excluding carboxylic acids is 1. The lowest BCUT2D eigenvalue weighted by Crippen LogP contribution is -2.13. The Morgan fingerprint density at radius 2 is 2.42 bits per heavy atom. The van der Waals surface area contributed by atoms with Gasteiger partial charge in [0.25, 0.3) is 5.91 Å². The van der Waals surface area contributed by atoms with Crippen molar-refractivity contribution in [3.05, 3.63) is 27.8 Å². The standard InChI is InChI=1S/C12H14N4O2S/c1-7-4-5-9(19-7)10(17)14-12-16-15-11(18-12)8-3-2-6-13-8/h4-5,8,13H,2-3,6H2,1H3,(H,14,16,17). The van der Waals surface area contributed by atoms with Gasteiger partial charge in [0.1, 0.15) is 0 Å². The number of thiophene rings is 1. The molecule has 3 heterocycles. The number of hydrogen-bond donors (Lipinski definition) is 2. The van der Waals surface area contributed by atoms with Crippen molar-refractivity contribution in [1.82, 2.24) is 15.5 Å². The van der Waals surface area contributed by atoms with Crippen LogP contribution in [0.5, 0.6) is 0 Å². The maximum absolute atomic E-state index is 11.9. The Morgan fingerprint density at radius 3 is 3.11 bits per heavy atom. The number of amides is 1. The molecule has 2 aromatic heterocycles. The number of anilines is 1. The molecule has 1 unspecified atom stereocenters. The lowest BCUT2D eigenvalue weighted by molar-refractivity contribution is 0.102. The summed E-state index contributed by atoms with van der Waals surface area (Å²) in [6.07, 6.45) is 2.09. The van der Waals surface area contributed by atoms with E-state index in [0.29, 0.717) is 10.8 Å². The van der Waals surface area contributed by atoms with Gasteiger partial charge in [-0.3, -0.25) is 10.1 Å². The molecule has 3 rings (SSSR count). The van der Waals surface area contributed by atoms with Gasteiger partial charge in [-0.05, 0) is 38.4 Å². The third-order valence-corrected chi connectivity index (χ3v) is 3.98. The molecule has 1 fully saturated rings. The molecule has 1 amide bonds. The van der Waals surface area contributed by atoms with Crippen molar-refractivity contribution in [2.75, 3.05) is 11.9 Å². The topological polar surface area (TPSA) is 80.0 Å². The van der Waals surface area contributed by atoms with E-state index in [9.17, 15) is 4.79 Å². The Kier molecular flexibility index (Phi) is 3.31. The fourth-order valence-electron chi connectivity index (χ4n) is 2.04. The summed E-state index contributed by atoms with van der Waals surface area (Å²) < 4.78 is 5.45. The second-order valence-corrected chi connectivity index (χ2v) is 5.75. The van der Waals surface area contributed by atoms with E-state index in [1.165, 1.54) is 11.3 Å². The van der Waals surface area contributed by atoms with Crippen LogP contribution >= 0.6 is 11.3 Å². The predicted molar refractivity (Wildman–Crippen MR) is 71.3 cm³/mol. The van der Waals surface area contributed by atoms with E-state index in [4.69, 9.17) is 4.42 Å². The fourth-order valence-corrected chi connectivity index (χ4v) is 2.80. The minimum absolute atomic E-state index is 0.113. The number of rotatable bonds is 3. The molecule has 6 nitrogen and oxygen atoms in total. The van der Waals surface area contributed by atoms with Crippen molar-refractivity contribution in [2.24, 2.45) is 0 Å². The van der Waals surface area contributed by atoms with E-state index < -0.39 is 0 Å². The summed E-state index contributed by atoms with van der Waals surface area (Å²) in [5.74, 6) is 0.322. The average molecular weight is 278 g/mol. The zero-order chi connectivity index (χ0) is 13.2. The third kappa shape index (κ3) is 2.66. The summed E-state index contributed by atoms with van der Waals surface area (Å²) in [5, 5.41) is 13.7. The van der Waals surface area contributed by atoms with Gasteiger partial charge in [-0.2, -0.15) is 0 Å². The number of carbonyl (C=O) groups is 1. The smallest absolute Gasteiger partial charge is 0.322 e. The number of hydrogen-bond acceptors (Lipinski definition) is 6. The van der Waals surface area contributed by atoms with Crippen LogP contribution in [0.4, 0.5) is 6.01 Å². The quantitative estimate of drug-likeness (QED) is 0.899. The first-order chi connectivity index (χ1) is 9.22. The van der Waals surface area contributed by atoms with Crippen molar-refractivity contribution in [1.29, 1.82) is 0 Å². The van der Waals surface area contributed by atoms with Gasteiger partial charge >= 0.3 is 6.01 Å². The Bertz CT molecular complexity index is 586. The zero-order valence-electron chi connectivity index (χ0n) is 10.5. The molecule has 0 aliphatic carbocycles. The van der Waals surface area contributed by atoms with Crippen molar-refractivity contribution in [3.8, 4) is 0 Å². The minimum Gasteiger partial charge on any atom is -0.406 e. The lowest BCUT2D eigenvalue weighted by atomic mass is 10.2. The lowest BCUT2D eigenvalue weighted by Gasteiger charge is -2.02. The van der Waals surface area contributed by atoms with E-state index >= 15 is 0 Å². The summed E-state index contributed by atoms with van der Waals surface area (Å²) in [5.41, 5.74) is 0. The molecule has 0 radical (unpaired) electrons. The summed E-state index contributed by atoms with van der Waals surface area (Å²) in [6.45, 7) is 2.92. The molecule has 1 aliphatic rings. The van der Waals surface area contributed by atoms with Gasteiger partial charge in [0, 0.05) is 4.88 Å². The summed E-state index contributed by atoms with van der Waals surface area (Å²) >= 11 is 1.43. The molecule has 1 atom stereocenters. The van der Waals surface area contributed by atoms with Gasteiger partial charge in [-0.15, -0.1) is 16.4 Å². The predicted octanol–water partition coefficient (Wildman–Crippen LogP) is 2.12. The van der Waals surface area contributed by atoms with Crippen LogP contribution in [0.1, 0.15) is 39.3 Å². The molecule has 2 N–H and O–H groups in total. The number of nitrogens with zero attached hydrogens (tertiary/aromatic N) is 2. The highest BCUT2D eigenvalue weighted by molar-refractivity contribution is 7.14. The normalized spacial score (nSPS) is 18.7. The zero-order valence-corrected chi connectivity index (χ0v) is 11.3. The molecular formula is C12H14N4O2S. The average Bonchev–Trinajstić information content (AvgIpc) is 3.07. The Morgan fingerprint density at radius 1 is 1.53 bits per heavy atom. The van der Waals surface area contributed by atoms with E-state index in [2.05, 4.69) is 20.8 Å². The highest BCUT2D eigenvalue weighted by Gasteiger charge is 2.22. The van der Waals surface area contributed by atoms with Gasteiger partial charge in [0.2, 0.25) is 5.89 Å². The number of aryl methyl sites for hydroxylation is 1. The Balaban J connectivity index is 1.68. The van der Waals surface area contributed by atoms with Gasteiger partial charge in [0.05, 0.1) is 10.9 Å². The largest absolute Gasteiger partial charge is 0.406 e. The van der Waals surface area contributed by atoms with Crippen molar-refractivity contribution >= 4 is 23.3 Å². The molecule has 0 spiro atoms. The van der Waals surface area contributed by atoms with Crippen LogP contribution in [0.2, 0.25) is 0 Å². The van der Waals surface area contributed by atoms with Crippen molar-refractivity contribution in [2.45, 2.75) is 25.8 Å². The van der Waals surface area contributed by atoms with Gasteiger partial charge in [0.15, 0.2) is 0 Å². The fraction of sp³-hybridized carbons (Fsp3) is 0.417. The maximum Gasteiger partial charge on any atom is 0.322 e. The van der Waals surface area contributed by atoms with Crippen LogP contribution in [-0.4, -0.2) is 22.6 Å². The maximum atomic E-state index is 11.9. The van der Waals surface area contributed by atoms with Gasteiger partial charge < -0.3 is 9.73 Å². The molecule has 19 heavy (non-hydrogen) atoms. The van der Waals surface area contributed by atoms with Crippen LogP contribution in [0.15, 0.2) is 16.5 Å². The molecule has 100 valence electrons. The molecular weight excluding hydrogens is 264 g/mol. The van der Waals surface area contributed by atoms with Gasteiger partial charge in [-0.1, -0.05) is 5.10 Å². The molecule has 7 heteroatoms. The summed E-state index contributed by atoms with van der Waals surface area (Å²) in [6, 6.07) is 3.95. The molecule has 1 saturated heterocycles. The first kappa shape index (κ1) is 12.3. The first-order valence-electron chi connectivity index (χ1n) is 6.17. The van der Waals surface area contributed by atoms with E-state index in [-0.39, 0.29) is 18.0 Å². The van der Waals surface area contributed by atoms with Crippen LogP contribution in [0.25, 0.3) is 0 Å². The number of aromatic nitrogens is 2. The SMILES string of the molecule is Cc1ccc(C(=O)Nc2nnc(C3CCCN3)o2)s1. The summed E-state index contributed by atoms with van der Waals surface area (Å²) in [4.78, 5) is 13.6. The van der Waals surface area contributed by atoms with Crippen molar-refractivity contribution in [3.63, 3.8) is 0 Å². The van der Waals surface area contributed by atoms with Gasteiger partial charge in [-0.25, -0.2) is 0 Å². The Labute approximate surface area is 114 Å². The molecule has 0 saturated carbocycles. The highest BCUT2D eigenvalue weighted by atomic mass is 32.1. The van der Waals surface area contributed by atoms with Crippen LogP contribution < -0.4 is 10.6 Å². The second kappa shape index (κ2) is 5.10. The van der Waals surface area contributed by atoms with E-state index in [1.807, 2.05) is 13.0 Å². The monoisotopic (exact) mass is 278 g/mol. The van der Waals surface area contributed by atoms with E-state index in [0.717, 1.165) is 24.3 Å². The molecule has 0 bridgehead atoms. The van der Waals surface area contributed by atoms with Crippen LogP contribution in [0, 0.1) is 6.92 Å². The Hall–Kier alpha value is -1.73. The molecule has 1 aliphatic heterocycles. The first-order valence-corrected chi connectivity index (χ1v) is 6.98. The molecule has 2 aromatic rings. The highest BCUT2D eigenvalue weighted by Crippen LogP contribution is 2.23.